The lowest BCUT2D eigenvalue weighted by molar-refractivity contribution is -0.173. The lowest BCUT2D eigenvalue weighted by Gasteiger charge is -2.24. The van der Waals surface area contributed by atoms with Gasteiger partial charge in [0.2, 0.25) is 6.79 Å². The summed E-state index contributed by atoms with van der Waals surface area (Å²) < 4.78 is 9.21. The van der Waals surface area contributed by atoms with Crippen molar-refractivity contribution in [2.75, 3.05) is 13.3 Å². The summed E-state index contributed by atoms with van der Waals surface area (Å²) in [6.45, 7) is 0.136. The number of esters is 2. The molecule has 1 atom stereocenters. The molecule has 0 radical (unpaired) electrons. The molecule has 0 spiro atoms. The number of benzene rings is 2. The standard InChI is InChI=1S/C22H21Cl2N5O7/c1-13(30)35-12-36-22(33)20(31)11-28(26-21(32)19-10-29(34)27-25-19)9-14-2-4-15(5-3-14)17-8-16(23)6-7-18(17)24/h2-8,10,20,31,34H,9,11-12H2,1H3,(H,26,32). The lowest BCUT2D eigenvalue weighted by atomic mass is 10.0. The number of nitrogens with zero attached hydrogens (tertiary/aromatic N) is 4. The molecule has 12 nitrogen and oxygen atoms in total. The van der Waals surface area contributed by atoms with Gasteiger partial charge in [0, 0.05) is 29.1 Å². The molecule has 1 unspecified atom stereocenters. The van der Waals surface area contributed by atoms with Gasteiger partial charge in [0.25, 0.3) is 5.91 Å². The molecule has 0 aliphatic carbocycles. The van der Waals surface area contributed by atoms with Crippen molar-refractivity contribution in [3.8, 4) is 11.1 Å². The van der Waals surface area contributed by atoms with Crippen molar-refractivity contribution in [2.45, 2.75) is 19.6 Å². The Hall–Kier alpha value is -3.71. The SMILES string of the molecule is CC(=O)OCOC(=O)C(O)CN(Cc1ccc(-c2cc(Cl)ccc2Cl)cc1)NC(=O)c1cn(O)nn1. The molecule has 0 fully saturated rings. The van der Waals surface area contributed by atoms with Crippen LogP contribution in [0.4, 0.5) is 0 Å². The monoisotopic (exact) mass is 537 g/mol. The number of aliphatic hydroxyl groups is 1. The Morgan fingerprint density at radius 3 is 2.50 bits per heavy atom. The molecule has 0 aliphatic heterocycles. The molecule has 14 heteroatoms. The van der Waals surface area contributed by atoms with Gasteiger partial charge in [0.05, 0.1) is 12.7 Å². The number of carbonyl (C=O) groups is 3. The van der Waals surface area contributed by atoms with E-state index in [1.807, 2.05) is 0 Å². The van der Waals surface area contributed by atoms with Crippen LogP contribution in [0.25, 0.3) is 11.1 Å². The minimum atomic E-state index is -1.70. The van der Waals surface area contributed by atoms with Crippen LogP contribution in [-0.2, 0) is 25.6 Å². The number of hydrogen-bond donors (Lipinski definition) is 3. The smallest absolute Gasteiger partial charge is 0.339 e. The number of amides is 1. The van der Waals surface area contributed by atoms with Gasteiger partial charge < -0.3 is 19.8 Å². The molecule has 0 saturated carbocycles. The van der Waals surface area contributed by atoms with Crippen LogP contribution >= 0.6 is 23.2 Å². The van der Waals surface area contributed by atoms with Crippen molar-refractivity contribution < 1.29 is 34.2 Å². The zero-order chi connectivity index (χ0) is 26.2. The van der Waals surface area contributed by atoms with Crippen molar-refractivity contribution in [1.29, 1.82) is 0 Å². The minimum Gasteiger partial charge on any atom is -0.428 e. The zero-order valence-corrected chi connectivity index (χ0v) is 20.3. The number of halogens is 2. The van der Waals surface area contributed by atoms with Crippen LogP contribution in [-0.4, -0.2) is 67.8 Å². The summed E-state index contributed by atoms with van der Waals surface area (Å²) in [5.74, 6) is -2.48. The second-order valence-electron chi connectivity index (χ2n) is 7.40. The molecular formula is C22H21Cl2N5O7. The number of nitrogens with one attached hydrogen (secondary N) is 1. The van der Waals surface area contributed by atoms with Crippen molar-refractivity contribution >= 4 is 41.0 Å². The third-order valence-corrected chi connectivity index (χ3v) is 5.23. The van der Waals surface area contributed by atoms with Gasteiger partial charge in [0.1, 0.15) is 0 Å². The first-order valence-electron chi connectivity index (χ1n) is 10.3. The molecule has 36 heavy (non-hydrogen) atoms. The predicted molar refractivity (Wildman–Crippen MR) is 126 cm³/mol. The normalized spacial score (nSPS) is 11.7. The molecule has 3 N–H and O–H groups in total. The third kappa shape index (κ3) is 7.65. The number of ether oxygens (including phenoxy) is 2. The van der Waals surface area contributed by atoms with E-state index >= 15 is 0 Å². The van der Waals surface area contributed by atoms with Crippen LogP contribution in [0.5, 0.6) is 0 Å². The summed E-state index contributed by atoms with van der Waals surface area (Å²) in [4.78, 5) is 35.7. The molecular weight excluding hydrogens is 517 g/mol. The van der Waals surface area contributed by atoms with Crippen molar-refractivity contribution in [3.05, 3.63) is 70.0 Å². The Morgan fingerprint density at radius 1 is 1.14 bits per heavy atom. The fraction of sp³-hybridized carbons (Fsp3) is 0.227. The maximum atomic E-state index is 12.5. The fourth-order valence-electron chi connectivity index (χ4n) is 2.99. The van der Waals surface area contributed by atoms with Crippen LogP contribution in [0.3, 0.4) is 0 Å². The quantitative estimate of drug-likeness (QED) is 0.151. The molecule has 0 aliphatic rings. The minimum absolute atomic E-state index is 0.0524. The Morgan fingerprint density at radius 2 is 1.86 bits per heavy atom. The van der Waals surface area contributed by atoms with Gasteiger partial charge in [-0.2, -0.15) is 0 Å². The van der Waals surface area contributed by atoms with E-state index in [9.17, 15) is 24.7 Å². The number of aliphatic hydroxyl groups excluding tert-OH is 1. The van der Waals surface area contributed by atoms with E-state index in [0.29, 0.717) is 20.5 Å². The first kappa shape index (κ1) is 26.9. The van der Waals surface area contributed by atoms with Crippen LogP contribution in [0.2, 0.25) is 10.0 Å². The van der Waals surface area contributed by atoms with Gasteiger partial charge in [-0.25, -0.2) is 9.80 Å². The van der Waals surface area contributed by atoms with E-state index in [1.54, 1.807) is 42.5 Å². The maximum absolute atomic E-state index is 12.5. The van der Waals surface area contributed by atoms with Crippen molar-refractivity contribution in [2.24, 2.45) is 0 Å². The topological polar surface area (TPSA) is 156 Å². The van der Waals surface area contributed by atoms with Gasteiger partial charge in [0.15, 0.2) is 11.8 Å². The second-order valence-corrected chi connectivity index (χ2v) is 8.24. The molecule has 0 bridgehead atoms. The number of rotatable bonds is 10. The maximum Gasteiger partial charge on any atom is 0.339 e. The number of aromatic nitrogens is 3. The summed E-state index contributed by atoms with van der Waals surface area (Å²) in [5.41, 5.74) is 4.52. The number of hydrogen-bond acceptors (Lipinski definition) is 10. The third-order valence-electron chi connectivity index (χ3n) is 4.67. The first-order chi connectivity index (χ1) is 17.1. The van der Waals surface area contributed by atoms with Crippen molar-refractivity contribution in [3.63, 3.8) is 0 Å². The summed E-state index contributed by atoms with van der Waals surface area (Å²) in [6.07, 6.45) is -0.722. The Bertz CT molecular complexity index is 1240. The van der Waals surface area contributed by atoms with E-state index in [-0.39, 0.29) is 18.8 Å². The predicted octanol–water partition coefficient (Wildman–Crippen LogP) is 2.06. The molecule has 190 valence electrons. The summed E-state index contributed by atoms with van der Waals surface area (Å²) in [5, 5.41) is 28.6. The highest BCUT2D eigenvalue weighted by atomic mass is 35.5. The Labute approximate surface area is 214 Å². The van der Waals surface area contributed by atoms with E-state index in [4.69, 9.17) is 27.9 Å². The Kier molecular flexibility index (Phi) is 9.19. The van der Waals surface area contributed by atoms with E-state index < -0.39 is 30.7 Å². The molecule has 1 aromatic heterocycles. The van der Waals surface area contributed by atoms with Gasteiger partial charge in [-0.1, -0.05) is 52.3 Å². The van der Waals surface area contributed by atoms with Crippen LogP contribution in [0.15, 0.2) is 48.7 Å². The summed E-state index contributed by atoms with van der Waals surface area (Å²) in [7, 11) is 0. The zero-order valence-electron chi connectivity index (χ0n) is 18.8. The van der Waals surface area contributed by atoms with Gasteiger partial charge in [-0.05, 0) is 34.5 Å². The Balaban J connectivity index is 1.73. The average Bonchev–Trinajstić information content (AvgIpc) is 3.27. The van der Waals surface area contributed by atoms with E-state index in [2.05, 4.69) is 20.5 Å². The van der Waals surface area contributed by atoms with Gasteiger partial charge in [-0.15, -0.1) is 5.10 Å². The lowest BCUT2D eigenvalue weighted by Crippen LogP contribution is -2.47. The van der Waals surface area contributed by atoms with Gasteiger partial charge >= 0.3 is 11.9 Å². The average molecular weight is 538 g/mol. The van der Waals surface area contributed by atoms with E-state index in [1.165, 1.54) is 5.01 Å². The molecule has 1 amide bonds. The van der Waals surface area contributed by atoms with Crippen LogP contribution in [0.1, 0.15) is 23.0 Å². The highest BCUT2D eigenvalue weighted by molar-refractivity contribution is 6.35. The molecule has 3 rings (SSSR count). The van der Waals surface area contributed by atoms with Gasteiger partial charge in [-0.3, -0.25) is 15.0 Å². The van der Waals surface area contributed by atoms with E-state index in [0.717, 1.165) is 24.2 Å². The molecule has 3 aromatic rings. The molecule has 1 heterocycles. The second kappa shape index (κ2) is 12.3. The highest BCUT2D eigenvalue weighted by Gasteiger charge is 2.23. The number of hydrazine groups is 1. The highest BCUT2D eigenvalue weighted by Crippen LogP contribution is 2.30. The first-order valence-corrected chi connectivity index (χ1v) is 11.1. The largest absolute Gasteiger partial charge is 0.428 e. The summed E-state index contributed by atoms with van der Waals surface area (Å²) >= 11 is 12.3. The number of carbonyl (C=O) groups excluding carboxylic acids is 3. The van der Waals surface area contributed by atoms with Crippen LogP contribution < -0.4 is 5.43 Å². The molecule has 2 aromatic carbocycles. The fourth-order valence-corrected chi connectivity index (χ4v) is 3.39. The molecule has 0 saturated heterocycles. The summed E-state index contributed by atoms with van der Waals surface area (Å²) in [6, 6.07) is 12.2. The van der Waals surface area contributed by atoms with Crippen LogP contribution in [0, 0.1) is 0 Å². The van der Waals surface area contributed by atoms with Crippen molar-refractivity contribution in [1.82, 2.24) is 25.6 Å².